The highest BCUT2D eigenvalue weighted by atomic mass is 16.3. The molecule has 0 amide bonds. The second-order valence-corrected chi connectivity index (χ2v) is 18.0. The number of anilines is 3. The van der Waals surface area contributed by atoms with Crippen LogP contribution in [0, 0.1) is 0 Å². The minimum absolute atomic E-state index is 0.174. The van der Waals surface area contributed by atoms with Crippen LogP contribution in [-0.4, -0.2) is 0 Å². The van der Waals surface area contributed by atoms with Crippen LogP contribution in [0.15, 0.2) is 185 Å². The summed E-state index contributed by atoms with van der Waals surface area (Å²) in [5.41, 5.74) is 19.0. The zero-order valence-electron chi connectivity index (χ0n) is 34.5. The normalized spacial score (nSPS) is 14.5. The Kier molecular flexibility index (Phi) is 6.85. The fraction of sp³-hybridized carbons (Fsp3) is 0.103. The van der Waals surface area contributed by atoms with E-state index in [4.69, 9.17) is 8.83 Å². The van der Waals surface area contributed by atoms with Gasteiger partial charge in [0.15, 0.2) is 0 Å². The SMILES string of the molecule is CC1(C)c2ccccc2-c2ccc(-c3c(N(c4ccc5c(c4)C(C)(C)c4ccccc4-5)c4ccc5c(c4)oc4ccccc45)ccc4c3oc3c5ccccc5ccc43)cc21. The van der Waals surface area contributed by atoms with Crippen molar-refractivity contribution in [1.82, 2.24) is 0 Å². The molecule has 0 saturated carbocycles. The van der Waals surface area contributed by atoms with Crippen molar-refractivity contribution < 1.29 is 8.83 Å². The molecule has 0 saturated heterocycles. The van der Waals surface area contributed by atoms with E-state index in [0.717, 1.165) is 82.8 Å². The first-order valence-electron chi connectivity index (χ1n) is 21.3. The van der Waals surface area contributed by atoms with Crippen LogP contribution in [0.25, 0.3) is 88.0 Å². The third-order valence-electron chi connectivity index (χ3n) is 14.1. The molecule has 61 heavy (non-hydrogen) atoms. The Morgan fingerprint density at radius 1 is 0.377 bits per heavy atom. The molecular weight excluding hydrogens is 743 g/mol. The number of hydrogen-bond donors (Lipinski definition) is 0. The third kappa shape index (κ3) is 4.69. The van der Waals surface area contributed by atoms with Crippen molar-refractivity contribution in [2.45, 2.75) is 38.5 Å². The van der Waals surface area contributed by atoms with Crippen LogP contribution in [0.3, 0.4) is 0 Å². The lowest BCUT2D eigenvalue weighted by atomic mass is 9.81. The molecule has 2 aliphatic rings. The zero-order chi connectivity index (χ0) is 40.8. The summed E-state index contributed by atoms with van der Waals surface area (Å²) >= 11 is 0. The fourth-order valence-corrected chi connectivity index (χ4v) is 11.0. The minimum atomic E-state index is -0.177. The van der Waals surface area contributed by atoms with Gasteiger partial charge in [0.25, 0.3) is 0 Å². The lowest BCUT2D eigenvalue weighted by Gasteiger charge is -2.30. The first-order chi connectivity index (χ1) is 29.8. The molecule has 3 nitrogen and oxygen atoms in total. The summed E-state index contributed by atoms with van der Waals surface area (Å²) in [4.78, 5) is 2.43. The summed E-state index contributed by atoms with van der Waals surface area (Å²) < 4.78 is 13.9. The summed E-state index contributed by atoms with van der Waals surface area (Å²) in [6, 6.07) is 64.4. The molecule has 0 aliphatic heterocycles. The van der Waals surface area contributed by atoms with Crippen LogP contribution in [0.4, 0.5) is 17.1 Å². The molecule has 2 aliphatic carbocycles. The smallest absolute Gasteiger partial charge is 0.145 e. The molecule has 0 fully saturated rings. The average molecular weight is 784 g/mol. The van der Waals surface area contributed by atoms with E-state index in [2.05, 4.69) is 202 Å². The van der Waals surface area contributed by atoms with Gasteiger partial charge in [-0.3, -0.25) is 0 Å². The van der Waals surface area contributed by atoms with Crippen molar-refractivity contribution in [3.63, 3.8) is 0 Å². The largest absolute Gasteiger partial charge is 0.456 e. The molecule has 3 heteroatoms. The number of para-hydroxylation sites is 1. The van der Waals surface area contributed by atoms with E-state index in [0.29, 0.717) is 0 Å². The Bertz CT molecular complexity index is 3670. The second kappa shape index (κ2) is 12.1. The van der Waals surface area contributed by atoms with Crippen molar-refractivity contribution in [2.75, 3.05) is 4.90 Å². The monoisotopic (exact) mass is 783 g/mol. The van der Waals surface area contributed by atoms with Crippen molar-refractivity contribution in [3.8, 4) is 33.4 Å². The van der Waals surface area contributed by atoms with E-state index in [9.17, 15) is 0 Å². The Hall–Kier alpha value is -7.36. The molecule has 290 valence electrons. The third-order valence-corrected chi connectivity index (χ3v) is 14.1. The molecule has 0 N–H and O–H groups in total. The lowest BCUT2D eigenvalue weighted by molar-refractivity contribution is 0.660. The van der Waals surface area contributed by atoms with Gasteiger partial charge >= 0.3 is 0 Å². The molecule has 11 aromatic rings. The highest BCUT2D eigenvalue weighted by molar-refractivity contribution is 6.19. The molecule has 0 atom stereocenters. The standard InChI is InChI=1S/C58H41NO2/c1-57(2)47-18-10-7-15-39(47)41-25-22-35(31-49(41)57)54-51(30-29-46-45-26-21-34-13-5-6-14-38(34)55(45)61-56(46)54)59(37-24-28-44-43-17-9-12-20-52(43)60-53(44)33-37)36-23-27-42-40-16-8-11-19-48(40)58(3,4)50(42)32-36/h5-33H,1-4H3. The van der Waals surface area contributed by atoms with E-state index in [1.165, 1.54) is 44.5 Å². The summed E-state index contributed by atoms with van der Waals surface area (Å²) in [7, 11) is 0. The van der Waals surface area contributed by atoms with Crippen LogP contribution in [0.2, 0.25) is 0 Å². The zero-order valence-corrected chi connectivity index (χ0v) is 34.5. The summed E-state index contributed by atoms with van der Waals surface area (Å²) in [6.45, 7) is 9.42. The van der Waals surface area contributed by atoms with Crippen LogP contribution >= 0.6 is 0 Å². The van der Waals surface area contributed by atoms with Crippen LogP contribution in [0.1, 0.15) is 49.9 Å². The number of fused-ring (bicyclic) bond motifs is 14. The molecule has 2 aromatic heterocycles. The maximum atomic E-state index is 7.26. The Labute approximate surface area is 354 Å². The van der Waals surface area contributed by atoms with Gasteiger partial charge in [0.2, 0.25) is 0 Å². The van der Waals surface area contributed by atoms with Crippen molar-refractivity contribution >= 4 is 71.7 Å². The number of furan rings is 2. The molecular formula is C58H41NO2. The fourth-order valence-electron chi connectivity index (χ4n) is 11.0. The first-order valence-corrected chi connectivity index (χ1v) is 21.3. The second-order valence-electron chi connectivity index (χ2n) is 18.0. The van der Waals surface area contributed by atoms with Crippen molar-refractivity contribution in [2.24, 2.45) is 0 Å². The molecule has 2 heterocycles. The summed E-state index contributed by atoms with van der Waals surface area (Å²) in [5, 5.41) is 6.71. The first kappa shape index (κ1) is 34.5. The predicted molar refractivity (Wildman–Crippen MR) is 254 cm³/mol. The van der Waals surface area contributed by atoms with E-state index < -0.39 is 0 Å². The summed E-state index contributed by atoms with van der Waals surface area (Å²) in [5.74, 6) is 0. The number of benzene rings is 9. The van der Waals surface area contributed by atoms with Gasteiger partial charge in [-0.2, -0.15) is 0 Å². The van der Waals surface area contributed by atoms with Gasteiger partial charge in [-0.05, 0) is 110 Å². The molecule has 0 radical (unpaired) electrons. The number of hydrogen-bond acceptors (Lipinski definition) is 3. The van der Waals surface area contributed by atoms with Gasteiger partial charge in [0, 0.05) is 60.8 Å². The van der Waals surface area contributed by atoms with Gasteiger partial charge in [-0.25, -0.2) is 0 Å². The van der Waals surface area contributed by atoms with Crippen LogP contribution in [-0.2, 0) is 10.8 Å². The average Bonchev–Trinajstić information content (AvgIpc) is 3.99. The topological polar surface area (TPSA) is 29.5 Å². The molecule has 0 bridgehead atoms. The quantitative estimate of drug-likeness (QED) is 0.178. The highest BCUT2D eigenvalue weighted by Gasteiger charge is 2.38. The van der Waals surface area contributed by atoms with E-state index in [-0.39, 0.29) is 10.8 Å². The lowest BCUT2D eigenvalue weighted by Crippen LogP contribution is -2.17. The van der Waals surface area contributed by atoms with Gasteiger partial charge in [0.1, 0.15) is 22.3 Å². The van der Waals surface area contributed by atoms with Crippen molar-refractivity contribution in [3.05, 3.63) is 198 Å². The highest BCUT2D eigenvalue weighted by Crippen LogP contribution is 2.55. The number of nitrogens with zero attached hydrogens (tertiary/aromatic N) is 1. The van der Waals surface area contributed by atoms with E-state index in [1.807, 2.05) is 6.07 Å². The van der Waals surface area contributed by atoms with E-state index in [1.54, 1.807) is 0 Å². The van der Waals surface area contributed by atoms with Gasteiger partial charge in [-0.15, -0.1) is 0 Å². The maximum Gasteiger partial charge on any atom is 0.145 e. The van der Waals surface area contributed by atoms with Crippen LogP contribution < -0.4 is 4.90 Å². The van der Waals surface area contributed by atoms with Crippen LogP contribution in [0.5, 0.6) is 0 Å². The number of rotatable bonds is 4. The Morgan fingerprint density at radius 2 is 0.934 bits per heavy atom. The molecule has 13 rings (SSSR count). The van der Waals surface area contributed by atoms with Gasteiger partial charge in [0.05, 0.1) is 5.69 Å². The Balaban J connectivity index is 1.12. The molecule has 9 aromatic carbocycles. The molecule has 0 unspecified atom stereocenters. The molecule has 0 spiro atoms. The van der Waals surface area contributed by atoms with Crippen molar-refractivity contribution in [1.29, 1.82) is 0 Å². The maximum absolute atomic E-state index is 7.26. The Morgan fingerprint density at radius 3 is 1.72 bits per heavy atom. The van der Waals surface area contributed by atoms with Gasteiger partial charge < -0.3 is 13.7 Å². The van der Waals surface area contributed by atoms with Gasteiger partial charge in [-0.1, -0.05) is 143 Å². The minimum Gasteiger partial charge on any atom is -0.456 e. The summed E-state index contributed by atoms with van der Waals surface area (Å²) in [6.07, 6.45) is 0. The predicted octanol–water partition coefficient (Wildman–Crippen LogP) is 16.4. The van der Waals surface area contributed by atoms with E-state index >= 15 is 0 Å².